The number of ether oxygens (including phenoxy) is 2. The second-order valence-electron chi connectivity index (χ2n) is 4.94. The van der Waals surface area contributed by atoms with Crippen LogP contribution in [0.15, 0.2) is 24.3 Å². The number of alkyl halides is 1. The Bertz CT molecular complexity index is 456. The van der Waals surface area contributed by atoms with Crippen LogP contribution in [0.4, 0.5) is 0 Å². The lowest BCUT2D eigenvalue weighted by atomic mass is 10.1. The van der Waals surface area contributed by atoms with E-state index in [9.17, 15) is 4.79 Å². The van der Waals surface area contributed by atoms with Gasteiger partial charge in [0.15, 0.2) is 0 Å². The zero-order chi connectivity index (χ0) is 14.5. The zero-order valence-electron chi connectivity index (χ0n) is 11.8. The predicted octanol–water partition coefficient (Wildman–Crippen LogP) is 2.69. The molecular weight excluding hydrogens is 278 g/mol. The van der Waals surface area contributed by atoms with E-state index in [-0.39, 0.29) is 12.0 Å². The Balaban J connectivity index is 1.86. The van der Waals surface area contributed by atoms with Gasteiger partial charge in [-0.15, -0.1) is 11.6 Å². The smallest absolute Gasteiger partial charge is 0.240 e. The molecule has 1 heterocycles. The van der Waals surface area contributed by atoms with Crippen molar-refractivity contribution in [3.05, 3.63) is 24.3 Å². The molecular formula is C15H20ClNO3. The Morgan fingerprint density at radius 2 is 2.00 bits per heavy atom. The summed E-state index contributed by atoms with van der Waals surface area (Å²) in [5.74, 6) is 1.59. The highest BCUT2D eigenvalue weighted by Gasteiger charge is 2.25. The van der Waals surface area contributed by atoms with Crippen LogP contribution >= 0.6 is 11.6 Å². The standard InChI is InChI=1S/C15H20ClNO3/c1-11(16)15(18)17-8-6-12(7-9-17)20-14-5-3-4-13(10-14)19-2/h3-5,10-12H,6-9H2,1-2H3. The van der Waals surface area contributed by atoms with E-state index in [1.807, 2.05) is 29.2 Å². The average Bonchev–Trinajstić information content (AvgIpc) is 2.47. The maximum absolute atomic E-state index is 11.8. The van der Waals surface area contributed by atoms with Crippen LogP contribution in [0, 0.1) is 0 Å². The fourth-order valence-corrected chi connectivity index (χ4v) is 2.45. The number of carbonyl (C=O) groups is 1. The minimum Gasteiger partial charge on any atom is -0.497 e. The lowest BCUT2D eigenvalue weighted by Gasteiger charge is -2.32. The molecule has 5 heteroatoms. The third-order valence-electron chi connectivity index (χ3n) is 3.44. The Hall–Kier alpha value is -1.42. The maximum atomic E-state index is 11.8. The van der Waals surface area contributed by atoms with Crippen molar-refractivity contribution in [2.45, 2.75) is 31.2 Å². The molecule has 1 unspecified atom stereocenters. The molecule has 0 bridgehead atoms. The molecule has 0 aliphatic carbocycles. The molecule has 110 valence electrons. The first-order valence-corrected chi connectivity index (χ1v) is 7.27. The van der Waals surface area contributed by atoms with Gasteiger partial charge in [-0.1, -0.05) is 6.07 Å². The molecule has 1 atom stereocenters. The Labute approximate surface area is 124 Å². The Morgan fingerprint density at radius 3 is 2.60 bits per heavy atom. The summed E-state index contributed by atoms with van der Waals surface area (Å²) < 4.78 is 11.1. The first kappa shape index (κ1) is 15.0. The molecule has 0 N–H and O–H groups in total. The average molecular weight is 298 g/mol. The minimum absolute atomic E-state index is 0.00602. The van der Waals surface area contributed by atoms with Crippen molar-refractivity contribution < 1.29 is 14.3 Å². The normalized spacial score (nSPS) is 17.6. The number of benzene rings is 1. The summed E-state index contributed by atoms with van der Waals surface area (Å²) in [6, 6.07) is 7.58. The van der Waals surface area contributed by atoms with Crippen molar-refractivity contribution >= 4 is 17.5 Å². The third kappa shape index (κ3) is 3.79. The number of piperidine rings is 1. The number of rotatable bonds is 4. The maximum Gasteiger partial charge on any atom is 0.240 e. The van der Waals surface area contributed by atoms with Gasteiger partial charge in [-0.3, -0.25) is 4.79 Å². The summed E-state index contributed by atoms with van der Waals surface area (Å²) in [6.07, 6.45) is 1.79. The van der Waals surface area contributed by atoms with Gasteiger partial charge >= 0.3 is 0 Å². The molecule has 1 aromatic carbocycles. The molecule has 1 aliphatic heterocycles. The van der Waals surface area contributed by atoms with E-state index < -0.39 is 5.38 Å². The lowest BCUT2D eigenvalue weighted by molar-refractivity contribution is -0.132. The predicted molar refractivity (Wildman–Crippen MR) is 78.5 cm³/mol. The van der Waals surface area contributed by atoms with E-state index in [0.717, 1.165) is 24.3 Å². The number of carbonyl (C=O) groups excluding carboxylic acids is 1. The molecule has 2 rings (SSSR count). The van der Waals surface area contributed by atoms with Crippen LogP contribution in [-0.4, -0.2) is 42.5 Å². The number of nitrogens with zero attached hydrogens (tertiary/aromatic N) is 1. The molecule has 20 heavy (non-hydrogen) atoms. The molecule has 4 nitrogen and oxygen atoms in total. The number of halogens is 1. The van der Waals surface area contributed by atoms with Crippen LogP contribution in [0.3, 0.4) is 0 Å². The molecule has 0 radical (unpaired) electrons. The van der Waals surface area contributed by atoms with Crippen molar-refractivity contribution in [2.75, 3.05) is 20.2 Å². The van der Waals surface area contributed by atoms with E-state index in [4.69, 9.17) is 21.1 Å². The van der Waals surface area contributed by atoms with E-state index in [2.05, 4.69) is 0 Å². The van der Waals surface area contributed by atoms with Gasteiger partial charge < -0.3 is 14.4 Å². The molecule has 1 aromatic rings. The summed E-state index contributed by atoms with van der Waals surface area (Å²) in [4.78, 5) is 13.6. The highest BCUT2D eigenvalue weighted by molar-refractivity contribution is 6.30. The molecule has 1 fully saturated rings. The monoisotopic (exact) mass is 297 g/mol. The Morgan fingerprint density at radius 1 is 1.35 bits per heavy atom. The van der Waals surface area contributed by atoms with Crippen LogP contribution in [0.25, 0.3) is 0 Å². The first-order valence-electron chi connectivity index (χ1n) is 6.83. The first-order chi connectivity index (χ1) is 9.60. The highest BCUT2D eigenvalue weighted by Crippen LogP contribution is 2.23. The Kier molecular flexibility index (Phi) is 5.12. The largest absolute Gasteiger partial charge is 0.497 e. The zero-order valence-corrected chi connectivity index (χ0v) is 12.6. The summed E-state index contributed by atoms with van der Waals surface area (Å²) in [5.41, 5.74) is 0. The van der Waals surface area contributed by atoms with Crippen molar-refractivity contribution in [1.29, 1.82) is 0 Å². The van der Waals surface area contributed by atoms with Crippen LogP contribution < -0.4 is 9.47 Å². The number of likely N-dealkylation sites (tertiary alicyclic amines) is 1. The number of amides is 1. The quantitative estimate of drug-likeness (QED) is 0.802. The van der Waals surface area contributed by atoms with Crippen LogP contribution in [0.5, 0.6) is 11.5 Å². The summed E-state index contributed by atoms with van der Waals surface area (Å²) in [7, 11) is 1.64. The van der Waals surface area contributed by atoms with E-state index >= 15 is 0 Å². The number of methoxy groups -OCH3 is 1. The summed E-state index contributed by atoms with van der Waals surface area (Å²) in [5, 5.41) is -0.453. The van der Waals surface area contributed by atoms with Crippen molar-refractivity contribution in [1.82, 2.24) is 4.90 Å². The van der Waals surface area contributed by atoms with Crippen molar-refractivity contribution in [2.24, 2.45) is 0 Å². The van der Waals surface area contributed by atoms with Gasteiger partial charge in [0.25, 0.3) is 0 Å². The second kappa shape index (κ2) is 6.84. The lowest BCUT2D eigenvalue weighted by Crippen LogP contribution is -2.44. The number of hydrogen-bond donors (Lipinski definition) is 0. The van der Waals surface area contributed by atoms with E-state index in [1.165, 1.54) is 0 Å². The molecule has 0 saturated carbocycles. The molecule has 1 saturated heterocycles. The molecule has 1 amide bonds. The van der Waals surface area contributed by atoms with Crippen LogP contribution in [0.2, 0.25) is 0 Å². The molecule has 1 aliphatic rings. The van der Waals surface area contributed by atoms with Crippen molar-refractivity contribution in [3.8, 4) is 11.5 Å². The minimum atomic E-state index is -0.453. The molecule has 0 aromatic heterocycles. The number of hydrogen-bond acceptors (Lipinski definition) is 3. The van der Waals surface area contributed by atoms with Crippen LogP contribution in [-0.2, 0) is 4.79 Å². The van der Waals surface area contributed by atoms with Gasteiger partial charge in [-0.2, -0.15) is 0 Å². The van der Waals surface area contributed by atoms with Crippen molar-refractivity contribution in [3.63, 3.8) is 0 Å². The summed E-state index contributed by atoms with van der Waals surface area (Å²) in [6.45, 7) is 3.11. The van der Waals surface area contributed by atoms with Gasteiger partial charge in [0, 0.05) is 32.0 Å². The second-order valence-corrected chi connectivity index (χ2v) is 5.59. The van der Waals surface area contributed by atoms with Gasteiger partial charge in [0.05, 0.1) is 7.11 Å². The van der Waals surface area contributed by atoms with Gasteiger partial charge in [0.2, 0.25) is 5.91 Å². The third-order valence-corrected chi connectivity index (χ3v) is 3.62. The van der Waals surface area contributed by atoms with Crippen LogP contribution in [0.1, 0.15) is 19.8 Å². The van der Waals surface area contributed by atoms with E-state index in [1.54, 1.807) is 14.0 Å². The van der Waals surface area contributed by atoms with Gasteiger partial charge in [-0.25, -0.2) is 0 Å². The SMILES string of the molecule is COc1cccc(OC2CCN(C(=O)C(C)Cl)CC2)c1. The van der Waals surface area contributed by atoms with Gasteiger partial charge in [-0.05, 0) is 19.1 Å². The molecule has 0 spiro atoms. The topological polar surface area (TPSA) is 38.8 Å². The fraction of sp³-hybridized carbons (Fsp3) is 0.533. The summed E-state index contributed by atoms with van der Waals surface area (Å²) >= 11 is 5.82. The van der Waals surface area contributed by atoms with Gasteiger partial charge in [0.1, 0.15) is 23.0 Å². The van der Waals surface area contributed by atoms with E-state index in [0.29, 0.717) is 13.1 Å². The highest BCUT2D eigenvalue weighted by atomic mass is 35.5. The fourth-order valence-electron chi connectivity index (χ4n) is 2.31.